The number of hydrogen-bond donors (Lipinski definition) is 0. The number of hydrogen-bond acceptors (Lipinski definition) is 7. The van der Waals surface area contributed by atoms with Gasteiger partial charge in [-0.25, -0.2) is 9.18 Å². The lowest BCUT2D eigenvalue weighted by molar-refractivity contribution is 0.0414. The molecule has 0 aliphatic carbocycles. The third kappa shape index (κ3) is 4.78. The van der Waals surface area contributed by atoms with Crippen molar-refractivity contribution in [3.63, 3.8) is 0 Å². The Morgan fingerprint density at radius 2 is 2.00 bits per heavy atom. The van der Waals surface area contributed by atoms with Crippen molar-refractivity contribution in [1.82, 2.24) is 10.1 Å². The molecule has 0 amide bonds. The van der Waals surface area contributed by atoms with Crippen LogP contribution >= 0.6 is 0 Å². The van der Waals surface area contributed by atoms with Gasteiger partial charge in [0.2, 0.25) is 5.82 Å². The first-order chi connectivity index (χ1) is 14.2. The van der Waals surface area contributed by atoms with Crippen molar-refractivity contribution in [3.05, 3.63) is 65.8 Å². The second kappa shape index (κ2) is 8.83. The number of halogens is 1. The topological polar surface area (TPSA) is 83.7 Å². The number of carbonyl (C=O) groups is 1. The van der Waals surface area contributed by atoms with E-state index in [0.29, 0.717) is 23.5 Å². The molecule has 1 saturated heterocycles. The Kier molecular flexibility index (Phi) is 5.81. The van der Waals surface area contributed by atoms with Gasteiger partial charge in [0, 0.05) is 12.2 Å². The summed E-state index contributed by atoms with van der Waals surface area (Å²) in [4.78, 5) is 16.6. The third-order valence-corrected chi connectivity index (χ3v) is 4.45. The van der Waals surface area contributed by atoms with Crippen LogP contribution in [0.15, 0.2) is 53.1 Å². The molecule has 1 aliphatic heterocycles. The minimum atomic E-state index is -0.561. The molecule has 7 nitrogen and oxygen atoms in total. The summed E-state index contributed by atoms with van der Waals surface area (Å²) in [6.45, 7) is 0.934. The van der Waals surface area contributed by atoms with E-state index in [-0.39, 0.29) is 30.2 Å². The molecule has 0 unspecified atom stereocenters. The molecule has 1 atom stereocenters. The molecule has 4 rings (SSSR count). The van der Waals surface area contributed by atoms with Gasteiger partial charge in [0.25, 0.3) is 5.89 Å². The summed E-state index contributed by atoms with van der Waals surface area (Å²) < 4.78 is 34.7. The summed E-state index contributed by atoms with van der Waals surface area (Å²) >= 11 is 0. The van der Waals surface area contributed by atoms with Gasteiger partial charge in [-0.15, -0.1) is 0 Å². The minimum Gasteiger partial charge on any atom is -0.490 e. The van der Waals surface area contributed by atoms with Crippen LogP contribution in [0, 0.1) is 5.82 Å². The number of ether oxygens (including phenoxy) is 3. The third-order valence-electron chi connectivity index (χ3n) is 4.45. The van der Waals surface area contributed by atoms with Crippen molar-refractivity contribution < 1.29 is 27.9 Å². The molecule has 0 radical (unpaired) electrons. The minimum absolute atomic E-state index is 0.0438. The van der Waals surface area contributed by atoms with Gasteiger partial charge >= 0.3 is 5.97 Å². The molecule has 0 bridgehead atoms. The van der Waals surface area contributed by atoms with Gasteiger partial charge in [-0.05, 0) is 49.2 Å². The Balaban J connectivity index is 1.37. The molecule has 0 spiro atoms. The predicted octanol–water partition coefficient (Wildman–Crippen LogP) is 3.79. The van der Waals surface area contributed by atoms with Crippen molar-refractivity contribution >= 4 is 5.97 Å². The van der Waals surface area contributed by atoms with E-state index in [1.807, 2.05) is 0 Å². The average Bonchev–Trinajstić information content (AvgIpc) is 3.43. The highest BCUT2D eigenvalue weighted by Gasteiger charge is 2.19. The number of benzene rings is 2. The SMILES string of the molecule is O=C(OCc1nc(-c2ccc(F)cc2)no1)c1ccccc1OC[C@@H]1CCCO1. The Bertz CT molecular complexity index is 967. The highest BCUT2D eigenvalue weighted by Crippen LogP contribution is 2.22. The van der Waals surface area contributed by atoms with Crippen LogP contribution in [-0.4, -0.2) is 35.4 Å². The maximum absolute atomic E-state index is 13.0. The van der Waals surface area contributed by atoms with Crippen LogP contribution in [0.5, 0.6) is 5.75 Å². The molecule has 1 aromatic heterocycles. The van der Waals surface area contributed by atoms with E-state index >= 15 is 0 Å². The lowest BCUT2D eigenvalue weighted by Gasteiger charge is -2.13. The molecule has 8 heteroatoms. The number of rotatable bonds is 7. The summed E-state index contributed by atoms with van der Waals surface area (Å²) in [5.74, 6) is -0.0569. The van der Waals surface area contributed by atoms with E-state index in [4.69, 9.17) is 18.7 Å². The number of nitrogens with zero attached hydrogens (tertiary/aromatic N) is 2. The molecule has 2 aromatic carbocycles. The van der Waals surface area contributed by atoms with E-state index in [9.17, 15) is 9.18 Å². The Hall–Kier alpha value is -3.26. The maximum atomic E-state index is 13.0. The van der Waals surface area contributed by atoms with E-state index < -0.39 is 5.97 Å². The van der Waals surface area contributed by atoms with Crippen molar-refractivity contribution in [2.45, 2.75) is 25.6 Å². The molecule has 3 aromatic rings. The van der Waals surface area contributed by atoms with Gasteiger partial charge in [-0.1, -0.05) is 17.3 Å². The van der Waals surface area contributed by atoms with Crippen molar-refractivity contribution in [3.8, 4) is 17.1 Å². The average molecular weight is 398 g/mol. The van der Waals surface area contributed by atoms with Gasteiger partial charge in [0.15, 0.2) is 6.61 Å². The van der Waals surface area contributed by atoms with Gasteiger partial charge < -0.3 is 18.7 Å². The first-order valence-corrected chi connectivity index (χ1v) is 9.28. The van der Waals surface area contributed by atoms with E-state index in [0.717, 1.165) is 19.4 Å². The quantitative estimate of drug-likeness (QED) is 0.560. The van der Waals surface area contributed by atoms with Crippen molar-refractivity contribution in [2.24, 2.45) is 0 Å². The highest BCUT2D eigenvalue weighted by atomic mass is 19.1. The van der Waals surface area contributed by atoms with Gasteiger partial charge in [0.05, 0.1) is 6.10 Å². The molecule has 1 aliphatic rings. The van der Waals surface area contributed by atoms with Crippen LogP contribution in [0.25, 0.3) is 11.4 Å². The zero-order chi connectivity index (χ0) is 20.1. The lowest BCUT2D eigenvalue weighted by atomic mass is 10.2. The molecule has 1 fully saturated rings. The van der Waals surface area contributed by atoms with Gasteiger partial charge in [-0.3, -0.25) is 0 Å². The first kappa shape index (κ1) is 19.1. The summed E-state index contributed by atoms with van der Waals surface area (Å²) in [6, 6.07) is 12.5. The van der Waals surface area contributed by atoms with Crippen LogP contribution in [0.1, 0.15) is 29.1 Å². The molecule has 0 saturated carbocycles. The second-order valence-corrected chi connectivity index (χ2v) is 6.54. The summed E-state index contributed by atoms with van der Waals surface area (Å²) in [5, 5.41) is 3.82. The molecule has 2 heterocycles. The summed E-state index contributed by atoms with van der Waals surface area (Å²) in [7, 11) is 0. The van der Waals surface area contributed by atoms with Crippen LogP contribution < -0.4 is 4.74 Å². The van der Waals surface area contributed by atoms with Gasteiger partial charge in [0.1, 0.15) is 23.7 Å². The number of aromatic nitrogens is 2. The second-order valence-electron chi connectivity index (χ2n) is 6.54. The number of para-hydroxylation sites is 1. The van der Waals surface area contributed by atoms with E-state index in [1.165, 1.54) is 24.3 Å². The lowest BCUT2D eigenvalue weighted by Crippen LogP contribution is -2.17. The highest BCUT2D eigenvalue weighted by molar-refractivity contribution is 5.92. The number of carbonyl (C=O) groups excluding carboxylic acids is 1. The monoisotopic (exact) mass is 398 g/mol. The van der Waals surface area contributed by atoms with Crippen LogP contribution in [0.2, 0.25) is 0 Å². The Morgan fingerprint density at radius 3 is 2.79 bits per heavy atom. The molecule has 0 N–H and O–H groups in total. The van der Waals surface area contributed by atoms with Crippen molar-refractivity contribution in [1.29, 1.82) is 0 Å². The van der Waals surface area contributed by atoms with E-state index in [2.05, 4.69) is 10.1 Å². The fourth-order valence-electron chi connectivity index (χ4n) is 2.95. The fraction of sp³-hybridized carbons (Fsp3) is 0.286. The van der Waals surface area contributed by atoms with Crippen LogP contribution in [0.3, 0.4) is 0 Å². The Morgan fingerprint density at radius 1 is 1.17 bits per heavy atom. The largest absolute Gasteiger partial charge is 0.490 e. The number of esters is 1. The summed E-state index contributed by atoms with van der Waals surface area (Å²) in [6.07, 6.45) is 2.00. The first-order valence-electron chi connectivity index (χ1n) is 9.28. The standard InChI is InChI=1S/C21H19FN2O5/c22-15-9-7-14(8-10-15)20-23-19(29-24-20)13-28-21(25)17-5-1-2-6-18(17)27-12-16-4-3-11-26-16/h1-2,5-10,16H,3-4,11-13H2/t16-/m0/s1. The van der Waals surface area contributed by atoms with Gasteiger partial charge in [-0.2, -0.15) is 4.98 Å². The van der Waals surface area contributed by atoms with Crippen LogP contribution in [-0.2, 0) is 16.1 Å². The van der Waals surface area contributed by atoms with Crippen LogP contribution in [0.4, 0.5) is 4.39 Å². The fourth-order valence-corrected chi connectivity index (χ4v) is 2.95. The normalized spacial score (nSPS) is 16.0. The molecular formula is C21H19FN2O5. The zero-order valence-electron chi connectivity index (χ0n) is 15.5. The smallest absolute Gasteiger partial charge is 0.342 e. The van der Waals surface area contributed by atoms with E-state index in [1.54, 1.807) is 24.3 Å². The maximum Gasteiger partial charge on any atom is 0.342 e. The Labute approximate surface area is 166 Å². The van der Waals surface area contributed by atoms with Crippen molar-refractivity contribution in [2.75, 3.05) is 13.2 Å². The predicted molar refractivity (Wildman–Crippen MR) is 99.7 cm³/mol. The molecule has 150 valence electrons. The molecule has 29 heavy (non-hydrogen) atoms. The molecular weight excluding hydrogens is 379 g/mol. The summed E-state index contributed by atoms with van der Waals surface area (Å²) in [5.41, 5.74) is 0.907. The zero-order valence-corrected chi connectivity index (χ0v) is 15.5.